The molecule has 0 aromatic carbocycles. The molecule has 0 saturated heterocycles. The van der Waals surface area contributed by atoms with Gasteiger partial charge in [0, 0.05) is 0 Å². The minimum absolute atomic E-state index is 0.329. The molecule has 0 aromatic heterocycles. The predicted octanol–water partition coefficient (Wildman–Crippen LogP) is 1.05. The first kappa shape index (κ1) is 6.24. The van der Waals surface area contributed by atoms with Crippen molar-refractivity contribution in [3.05, 3.63) is 11.0 Å². The van der Waals surface area contributed by atoms with Crippen LogP contribution in [0, 0.1) is 0 Å². The van der Waals surface area contributed by atoms with Crippen molar-refractivity contribution in [2.45, 2.75) is 6.82 Å². The van der Waals surface area contributed by atoms with Crippen LogP contribution >= 0.6 is 15.9 Å². The molecule has 0 atom stereocenters. The fourth-order valence-corrected chi connectivity index (χ4v) is 0.547. The second kappa shape index (κ2) is 3.44. The van der Waals surface area contributed by atoms with Gasteiger partial charge >= 0.3 is 6.92 Å². The van der Waals surface area contributed by atoms with Gasteiger partial charge in [0.05, 0.1) is 0 Å². The zero-order valence-corrected chi connectivity index (χ0v) is 5.14. The summed E-state index contributed by atoms with van der Waals surface area (Å²) in [7, 11) is 0. The highest BCUT2D eigenvalue weighted by molar-refractivity contribution is 9.11. The van der Waals surface area contributed by atoms with Gasteiger partial charge in [0.25, 0.3) is 0 Å². The zero-order valence-electron chi connectivity index (χ0n) is 3.56. The lowest BCUT2D eigenvalue weighted by molar-refractivity contribution is 0.593. The van der Waals surface area contributed by atoms with Gasteiger partial charge in [-0.05, 0) is 4.99 Å². The Morgan fingerprint density at radius 1 is 1.83 bits per heavy atom. The molecule has 0 aliphatic heterocycles. The summed E-state index contributed by atoms with van der Waals surface area (Å²) in [5.74, 6) is 1.64. The molecule has 0 heterocycles. The third kappa shape index (κ3) is 4.24. The zero-order chi connectivity index (χ0) is 4.99. The first-order chi connectivity index (χ1) is 2.77. The van der Waals surface area contributed by atoms with Crippen LogP contribution in [0.3, 0.4) is 0 Å². The van der Waals surface area contributed by atoms with Crippen molar-refractivity contribution in [3.8, 4) is 0 Å². The predicted molar refractivity (Wildman–Crippen MR) is 31.9 cm³/mol. The third-order valence-electron chi connectivity index (χ3n) is 0.351. The van der Waals surface area contributed by atoms with Gasteiger partial charge in [0.1, 0.15) is 0 Å². The molecule has 0 aliphatic rings. The van der Waals surface area contributed by atoms with Gasteiger partial charge in [-0.2, -0.15) is 0 Å². The Balaban J connectivity index is 3.03. The van der Waals surface area contributed by atoms with Crippen LogP contribution < -0.4 is 0 Å². The molecule has 0 amide bonds. The standard InChI is InChI=1S/C3H6BBrO/c1-4(6)2-3-5/h2-3,6H,1H3/b3-2+. The summed E-state index contributed by atoms with van der Waals surface area (Å²) in [5.41, 5.74) is 0. The molecule has 0 aromatic rings. The van der Waals surface area contributed by atoms with Gasteiger partial charge in [0.15, 0.2) is 0 Å². The van der Waals surface area contributed by atoms with Gasteiger partial charge in [-0.25, -0.2) is 0 Å². The van der Waals surface area contributed by atoms with Crippen LogP contribution in [-0.4, -0.2) is 11.9 Å². The van der Waals surface area contributed by atoms with Gasteiger partial charge in [-0.15, -0.1) is 0 Å². The maximum Gasteiger partial charge on any atom is 0.313 e. The molecule has 0 bridgehead atoms. The summed E-state index contributed by atoms with van der Waals surface area (Å²) in [6.07, 6.45) is 0. The van der Waals surface area contributed by atoms with E-state index < -0.39 is 0 Å². The third-order valence-corrected chi connectivity index (χ3v) is 0.656. The van der Waals surface area contributed by atoms with E-state index in [1.54, 1.807) is 17.8 Å². The minimum Gasteiger partial charge on any atom is -0.447 e. The topological polar surface area (TPSA) is 20.2 Å². The van der Waals surface area contributed by atoms with E-state index in [-0.39, 0.29) is 6.92 Å². The highest BCUT2D eigenvalue weighted by Crippen LogP contribution is 1.83. The molecule has 0 fully saturated rings. The van der Waals surface area contributed by atoms with Gasteiger partial charge in [-0.3, -0.25) is 0 Å². The molecular formula is C3H6BBrO. The minimum atomic E-state index is -0.329. The van der Waals surface area contributed by atoms with Crippen LogP contribution in [0.5, 0.6) is 0 Å². The molecule has 1 N–H and O–H groups in total. The van der Waals surface area contributed by atoms with Crippen molar-refractivity contribution in [1.82, 2.24) is 0 Å². The molecule has 0 aliphatic carbocycles. The largest absolute Gasteiger partial charge is 0.447 e. The van der Waals surface area contributed by atoms with E-state index >= 15 is 0 Å². The quantitative estimate of drug-likeness (QED) is 0.552. The van der Waals surface area contributed by atoms with E-state index in [2.05, 4.69) is 15.9 Å². The Hall–Kier alpha value is 0.245. The van der Waals surface area contributed by atoms with Crippen LogP contribution in [0.25, 0.3) is 0 Å². The van der Waals surface area contributed by atoms with E-state index in [1.807, 2.05) is 0 Å². The van der Waals surface area contributed by atoms with Gasteiger partial charge in [-0.1, -0.05) is 28.7 Å². The maximum absolute atomic E-state index is 8.44. The number of hydrogen-bond acceptors (Lipinski definition) is 1. The van der Waals surface area contributed by atoms with Crippen LogP contribution in [0.2, 0.25) is 6.82 Å². The van der Waals surface area contributed by atoms with Crippen molar-refractivity contribution >= 4 is 22.8 Å². The SMILES string of the molecule is CB(O)/C=C/Br. The molecule has 0 saturated carbocycles. The summed E-state index contributed by atoms with van der Waals surface area (Å²) in [5, 5.41) is 8.44. The van der Waals surface area contributed by atoms with Crippen molar-refractivity contribution < 1.29 is 5.02 Å². The van der Waals surface area contributed by atoms with Crippen molar-refractivity contribution in [1.29, 1.82) is 0 Å². The van der Waals surface area contributed by atoms with Gasteiger partial charge in [0.2, 0.25) is 0 Å². The van der Waals surface area contributed by atoms with E-state index in [0.717, 1.165) is 0 Å². The van der Waals surface area contributed by atoms with Crippen molar-refractivity contribution in [3.63, 3.8) is 0 Å². The summed E-state index contributed by atoms with van der Waals surface area (Å²) in [4.78, 5) is 1.64. The Bertz CT molecular complexity index is 52.8. The molecular weight excluding hydrogens is 143 g/mol. The van der Waals surface area contributed by atoms with Gasteiger partial charge < -0.3 is 5.02 Å². The van der Waals surface area contributed by atoms with Crippen LogP contribution in [0.1, 0.15) is 0 Å². The number of hydrogen-bond donors (Lipinski definition) is 1. The Morgan fingerprint density at radius 2 is 2.33 bits per heavy atom. The molecule has 34 valence electrons. The Labute approximate surface area is 46.3 Å². The molecule has 0 unspecified atom stereocenters. The molecule has 1 nitrogen and oxygen atoms in total. The summed E-state index contributed by atoms with van der Waals surface area (Å²) in [6.45, 7) is 1.36. The molecule has 6 heavy (non-hydrogen) atoms. The fraction of sp³-hybridized carbons (Fsp3) is 0.333. The van der Waals surface area contributed by atoms with Crippen LogP contribution in [-0.2, 0) is 0 Å². The lowest BCUT2D eigenvalue weighted by Crippen LogP contribution is -1.97. The Kier molecular flexibility index (Phi) is 3.58. The van der Waals surface area contributed by atoms with E-state index in [0.29, 0.717) is 0 Å². The first-order valence-corrected chi connectivity index (χ1v) is 2.64. The summed E-state index contributed by atoms with van der Waals surface area (Å²) < 4.78 is 0. The molecule has 0 spiro atoms. The van der Waals surface area contributed by atoms with Crippen molar-refractivity contribution in [2.75, 3.05) is 0 Å². The second-order valence-electron chi connectivity index (χ2n) is 1.06. The van der Waals surface area contributed by atoms with Crippen molar-refractivity contribution in [2.24, 2.45) is 0 Å². The first-order valence-electron chi connectivity index (χ1n) is 1.72. The van der Waals surface area contributed by atoms with Crippen LogP contribution in [0.15, 0.2) is 11.0 Å². The molecule has 0 radical (unpaired) electrons. The second-order valence-corrected chi connectivity index (χ2v) is 1.59. The fourth-order valence-electron chi connectivity index (χ4n) is 0.105. The van der Waals surface area contributed by atoms with E-state index in [9.17, 15) is 0 Å². The summed E-state index contributed by atoms with van der Waals surface area (Å²) >= 11 is 3.01. The van der Waals surface area contributed by atoms with Crippen LogP contribution in [0.4, 0.5) is 0 Å². The molecule has 0 rings (SSSR count). The normalized spacial score (nSPS) is 9.83. The highest BCUT2D eigenvalue weighted by atomic mass is 79.9. The molecule has 3 heteroatoms. The monoisotopic (exact) mass is 148 g/mol. The van der Waals surface area contributed by atoms with E-state index in [1.165, 1.54) is 0 Å². The van der Waals surface area contributed by atoms with E-state index in [4.69, 9.17) is 5.02 Å². The highest BCUT2D eigenvalue weighted by Gasteiger charge is 1.88. The Morgan fingerprint density at radius 3 is 2.33 bits per heavy atom. The lowest BCUT2D eigenvalue weighted by atomic mass is 9.73. The average Bonchev–Trinajstić information content (AvgIpc) is 1.35. The average molecular weight is 149 g/mol. The number of rotatable bonds is 1. The lowest BCUT2D eigenvalue weighted by Gasteiger charge is -1.79. The smallest absolute Gasteiger partial charge is 0.313 e. The maximum atomic E-state index is 8.44. The number of halogens is 1. The summed E-state index contributed by atoms with van der Waals surface area (Å²) in [6, 6.07) is 0.